The summed E-state index contributed by atoms with van der Waals surface area (Å²) in [6.45, 7) is 2.10. The number of nitrogens with two attached hydrogens (primary N) is 1. The first-order valence-electron chi connectivity index (χ1n) is 6.17. The number of hydrogen-bond donors (Lipinski definition) is 1. The summed E-state index contributed by atoms with van der Waals surface area (Å²) in [6.07, 6.45) is 5.09. The Morgan fingerprint density at radius 2 is 2.21 bits per heavy atom. The Labute approximate surface area is 122 Å². The van der Waals surface area contributed by atoms with Crippen molar-refractivity contribution >= 4 is 23.4 Å². The molecule has 0 saturated heterocycles. The van der Waals surface area contributed by atoms with Gasteiger partial charge in [-0.15, -0.1) is 0 Å². The van der Waals surface area contributed by atoms with Crippen molar-refractivity contribution < 1.29 is 0 Å². The van der Waals surface area contributed by atoms with Gasteiger partial charge >= 0.3 is 0 Å². The summed E-state index contributed by atoms with van der Waals surface area (Å²) in [5, 5.41) is 1.63. The molecule has 1 heterocycles. The van der Waals surface area contributed by atoms with E-state index in [1.54, 1.807) is 24.3 Å². The van der Waals surface area contributed by atoms with Crippen molar-refractivity contribution in [3.8, 4) is 0 Å². The fourth-order valence-corrected chi connectivity index (χ4v) is 2.83. The molecule has 5 heteroatoms. The van der Waals surface area contributed by atoms with Crippen LogP contribution < -0.4 is 5.73 Å². The maximum atomic E-state index is 6.08. The molecule has 100 valence electrons. The van der Waals surface area contributed by atoms with E-state index in [4.69, 9.17) is 17.3 Å². The molecule has 0 fully saturated rings. The maximum Gasteiger partial charge on any atom is 0.116 e. The predicted octanol–water partition coefficient (Wildman–Crippen LogP) is 3.56. The molecule has 2 rings (SSSR count). The van der Waals surface area contributed by atoms with Gasteiger partial charge in [0.05, 0.1) is 0 Å². The second-order valence-electron chi connectivity index (χ2n) is 4.27. The molecule has 0 saturated carbocycles. The van der Waals surface area contributed by atoms with Crippen LogP contribution in [0.1, 0.15) is 18.9 Å². The van der Waals surface area contributed by atoms with Gasteiger partial charge in [-0.1, -0.05) is 36.4 Å². The van der Waals surface area contributed by atoms with Crippen molar-refractivity contribution in [2.24, 2.45) is 5.73 Å². The highest BCUT2D eigenvalue weighted by Gasteiger charge is 2.09. The van der Waals surface area contributed by atoms with Crippen LogP contribution in [0.15, 0.2) is 46.7 Å². The number of rotatable bonds is 5. The van der Waals surface area contributed by atoms with Crippen LogP contribution in [0.5, 0.6) is 0 Å². The normalized spacial score (nSPS) is 12.4. The number of halogens is 1. The van der Waals surface area contributed by atoms with Gasteiger partial charge in [0.15, 0.2) is 0 Å². The number of aromatic nitrogens is 2. The van der Waals surface area contributed by atoms with Crippen LogP contribution in [-0.4, -0.2) is 16.0 Å². The third-order valence-electron chi connectivity index (χ3n) is 2.81. The molecule has 0 radical (unpaired) electrons. The summed E-state index contributed by atoms with van der Waals surface area (Å²) in [6, 6.07) is 7.97. The molecule has 0 bridgehead atoms. The van der Waals surface area contributed by atoms with Gasteiger partial charge in [0, 0.05) is 22.2 Å². The zero-order chi connectivity index (χ0) is 13.7. The SMILES string of the molecule is CCC(N)Cc1ccc(Cl)cc1Sc1ccncn1. The summed E-state index contributed by atoms with van der Waals surface area (Å²) in [7, 11) is 0. The number of benzene rings is 1. The van der Waals surface area contributed by atoms with Crippen molar-refractivity contribution in [2.45, 2.75) is 35.7 Å². The lowest BCUT2D eigenvalue weighted by Crippen LogP contribution is -2.21. The van der Waals surface area contributed by atoms with Crippen LogP contribution in [0, 0.1) is 0 Å². The first-order chi connectivity index (χ1) is 9.19. The van der Waals surface area contributed by atoms with Crippen molar-refractivity contribution in [1.82, 2.24) is 9.97 Å². The molecule has 1 atom stereocenters. The Morgan fingerprint density at radius 1 is 1.37 bits per heavy atom. The average molecular weight is 294 g/mol. The van der Waals surface area contributed by atoms with E-state index in [1.165, 1.54) is 5.56 Å². The van der Waals surface area contributed by atoms with Crippen LogP contribution in [0.3, 0.4) is 0 Å². The van der Waals surface area contributed by atoms with Crippen LogP contribution in [-0.2, 0) is 6.42 Å². The predicted molar refractivity (Wildman–Crippen MR) is 79.6 cm³/mol. The van der Waals surface area contributed by atoms with E-state index in [1.807, 2.05) is 24.3 Å². The molecular formula is C14H16ClN3S. The van der Waals surface area contributed by atoms with Gasteiger partial charge in [-0.2, -0.15) is 0 Å². The molecule has 0 spiro atoms. The van der Waals surface area contributed by atoms with Crippen LogP contribution in [0.4, 0.5) is 0 Å². The van der Waals surface area contributed by atoms with Crippen molar-refractivity contribution in [2.75, 3.05) is 0 Å². The number of hydrogen-bond acceptors (Lipinski definition) is 4. The Kier molecular flexibility index (Phi) is 5.19. The second kappa shape index (κ2) is 6.89. The monoisotopic (exact) mass is 293 g/mol. The third-order valence-corrected chi connectivity index (χ3v) is 4.09. The molecule has 3 nitrogen and oxygen atoms in total. The highest BCUT2D eigenvalue weighted by molar-refractivity contribution is 7.99. The van der Waals surface area contributed by atoms with E-state index < -0.39 is 0 Å². The van der Waals surface area contributed by atoms with E-state index >= 15 is 0 Å². The van der Waals surface area contributed by atoms with Gasteiger partial charge in [-0.3, -0.25) is 0 Å². The lowest BCUT2D eigenvalue weighted by molar-refractivity contribution is 0.641. The molecule has 1 aromatic carbocycles. The topological polar surface area (TPSA) is 51.8 Å². The largest absolute Gasteiger partial charge is 0.327 e. The van der Waals surface area contributed by atoms with E-state index in [9.17, 15) is 0 Å². The van der Waals surface area contributed by atoms with Crippen molar-refractivity contribution in [3.05, 3.63) is 47.4 Å². The zero-order valence-corrected chi connectivity index (χ0v) is 12.3. The van der Waals surface area contributed by atoms with Crippen LogP contribution in [0.25, 0.3) is 0 Å². The maximum absolute atomic E-state index is 6.08. The van der Waals surface area contributed by atoms with E-state index in [-0.39, 0.29) is 6.04 Å². The van der Waals surface area contributed by atoms with E-state index in [0.29, 0.717) is 0 Å². The molecule has 2 aromatic rings. The molecule has 2 N–H and O–H groups in total. The molecular weight excluding hydrogens is 278 g/mol. The Bertz CT molecular complexity index is 533. The van der Waals surface area contributed by atoms with Crippen LogP contribution >= 0.6 is 23.4 Å². The summed E-state index contributed by atoms with van der Waals surface area (Å²) in [5.74, 6) is 0. The van der Waals surface area contributed by atoms with Crippen molar-refractivity contribution in [3.63, 3.8) is 0 Å². The summed E-state index contributed by atoms with van der Waals surface area (Å²) in [5.41, 5.74) is 7.25. The zero-order valence-electron chi connectivity index (χ0n) is 10.7. The summed E-state index contributed by atoms with van der Waals surface area (Å²) < 4.78 is 0. The lowest BCUT2D eigenvalue weighted by atomic mass is 10.1. The van der Waals surface area contributed by atoms with Gasteiger partial charge in [-0.05, 0) is 36.6 Å². The smallest absolute Gasteiger partial charge is 0.116 e. The fourth-order valence-electron chi connectivity index (χ4n) is 1.67. The van der Waals surface area contributed by atoms with E-state index in [2.05, 4.69) is 16.9 Å². The molecule has 19 heavy (non-hydrogen) atoms. The first-order valence-corrected chi connectivity index (χ1v) is 7.36. The fraction of sp³-hybridized carbons (Fsp3) is 0.286. The molecule has 1 unspecified atom stereocenters. The molecule has 1 aromatic heterocycles. The van der Waals surface area contributed by atoms with E-state index in [0.717, 1.165) is 27.8 Å². The highest BCUT2D eigenvalue weighted by Crippen LogP contribution is 2.31. The standard InChI is InChI=1S/C14H16ClN3S/c1-2-12(16)7-10-3-4-11(15)8-13(10)19-14-5-6-17-9-18-14/h3-6,8-9,12H,2,7,16H2,1H3. The minimum Gasteiger partial charge on any atom is -0.327 e. The Morgan fingerprint density at radius 3 is 2.89 bits per heavy atom. The molecule has 0 aliphatic carbocycles. The second-order valence-corrected chi connectivity index (χ2v) is 5.77. The van der Waals surface area contributed by atoms with Crippen LogP contribution in [0.2, 0.25) is 5.02 Å². The number of nitrogens with zero attached hydrogens (tertiary/aromatic N) is 2. The van der Waals surface area contributed by atoms with Gasteiger partial charge < -0.3 is 5.73 Å². The minimum atomic E-state index is 0.172. The summed E-state index contributed by atoms with van der Waals surface area (Å²) >= 11 is 7.67. The lowest BCUT2D eigenvalue weighted by Gasteiger charge is -2.13. The molecule has 0 amide bonds. The average Bonchev–Trinajstić information content (AvgIpc) is 2.43. The molecule has 0 aliphatic rings. The Balaban J connectivity index is 2.24. The van der Waals surface area contributed by atoms with Gasteiger partial charge in [0.1, 0.15) is 11.4 Å². The first kappa shape index (κ1) is 14.3. The summed E-state index contributed by atoms with van der Waals surface area (Å²) in [4.78, 5) is 9.25. The quantitative estimate of drug-likeness (QED) is 0.857. The van der Waals surface area contributed by atoms with Crippen molar-refractivity contribution in [1.29, 1.82) is 0 Å². The van der Waals surface area contributed by atoms with Gasteiger partial charge in [0.2, 0.25) is 0 Å². The molecule has 0 aliphatic heterocycles. The highest BCUT2D eigenvalue weighted by atomic mass is 35.5. The van der Waals surface area contributed by atoms with Gasteiger partial charge in [-0.25, -0.2) is 9.97 Å². The minimum absolute atomic E-state index is 0.172. The van der Waals surface area contributed by atoms with Gasteiger partial charge in [0.25, 0.3) is 0 Å². The Hall–Kier alpha value is -1.10. The third kappa shape index (κ3) is 4.20.